The second kappa shape index (κ2) is 21.5. The third-order valence-corrected chi connectivity index (χ3v) is 9.63. The van der Waals surface area contributed by atoms with Gasteiger partial charge >= 0.3 is 0 Å². The zero-order valence-electron chi connectivity index (χ0n) is 33.2. The molecule has 306 valence electrons. The molecule has 5 rings (SSSR count). The Morgan fingerprint density at radius 1 is 0.772 bits per heavy atom. The van der Waals surface area contributed by atoms with Gasteiger partial charge in [-0.2, -0.15) is 0 Å². The number of aliphatic hydroxyl groups excluding tert-OH is 1. The lowest BCUT2D eigenvalue weighted by atomic mass is 9.97. The number of benzene rings is 3. The van der Waals surface area contributed by atoms with E-state index in [0.29, 0.717) is 36.4 Å². The molecule has 6 amide bonds. The van der Waals surface area contributed by atoms with E-state index in [4.69, 9.17) is 4.74 Å². The number of hydrogen-bond acceptors (Lipinski definition) is 8. The molecule has 0 saturated carbocycles. The smallest absolute Gasteiger partial charge is 0.251 e. The highest BCUT2D eigenvalue weighted by atomic mass is 16.5. The standard InChI is InChI=1S/C43H56N6O8/c1-26(2)36-41(54)44-21-12-22-57-32-19-17-31(18-20-32)25-35(40(53)48-36)47-43(56)38(51)33(23-29-13-8-6-9-14-29)46-42(55)37(27(3)4)49-39(52)34(45-28(5)50)24-30-15-10-7-11-16-30/h6-11,13-20,26-27,33-38,51H,12,21-25H2,1-5H3,(H,44,54)(H,45,50)(H,46,55)(H,47,56)(H,48,53)(H,49,52)/t33-,34-,35-,36-,37-,38?/m0/s1. The van der Waals surface area contributed by atoms with Crippen molar-refractivity contribution in [3.8, 4) is 5.75 Å². The summed E-state index contributed by atoms with van der Waals surface area (Å²) in [6.45, 7) is 9.09. The molecule has 7 N–H and O–H groups in total. The maximum Gasteiger partial charge on any atom is 0.251 e. The maximum atomic E-state index is 14.0. The molecular weight excluding hydrogens is 729 g/mol. The van der Waals surface area contributed by atoms with Gasteiger partial charge < -0.3 is 41.7 Å². The van der Waals surface area contributed by atoms with Crippen molar-refractivity contribution >= 4 is 35.4 Å². The SMILES string of the molecule is CC(=O)N[C@@H](Cc1ccccc1)C(=O)N[C@H](C(=O)N[C@@H](Cc1ccccc1)C(O)C(=O)N[C@H]1Cc2ccc(cc2)OCCCNC(=O)[C@H](C(C)C)NC1=O)C(C)C. The molecule has 0 radical (unpaired) electrons. The third kappa shape index (κ3) is 13.7. The number of carbonyl (C=O) groups is 6. The summed E-state index contributed by atoms with van der Waals surface area (Å²) < 4.78 is 5.79. The second-order valence-corrected chi connectivity index (χ2v) is 15.1. The Bertz CT molecular complexity index is 1800. The van der Waals surface area contributed by atoms with Crippen LogP contribution in [0.25, 0.3) is 0 Å². The minimum Gasteiger partial charge on any atom is -0.494 e. The van der Waals surface area contributed by atoms with Crippen LogP contribution in [0.15, 0.2) is 84.9 Å². The molecule has 0 aliphatic carbocycles. The summed E-state index contributed by atoms with van der Waals surface area (Å²) in [4.78, 5) is 80.6. The molecule has 0 saturated heterocycles. The first-order chi connectivity index (χ1) is 27.2. The van der Waals surface area contributed by atoms with Crippen LogP contribution in [0.3, 0.4) is 0 Å². The largest absolute Gasteiger partial charge is 0.494 e. The van der Waals surface area contributed by atoms with Crippen molar-refractivity contribution in [3.63, 3.8) is 0 Å². The van der Waals surface area contributed by atoms with Gasteiger partial charge in [0.15, 0.2) is 6.10 Å². The minimum atomic E-state index is -1.85. The zero-order valence-corrected chi connectivity index (χ0v) is 33.2. The highest BCUT2D eigenvalue weighted by Crippen LogP contribution is 2.16. The Balaban J connectivity index is 1.58. The summed E-state index contributed by atoms with van der Waals surface area (Å²) in [5, 5.41) is 28.2. The van der Waals surface area contributed by atoms with Crippen molar-refractivity contribution in [3.05, 3.63) is 102 Å². The summed E-state index contributed by atoms with van der Waals surface area (Å²) in [5.41, 5.74) is 2.19. The fourth-order valence-electron chi connectivity index (χ4n) is 6.45. The van der Waals surface area contributed by atoms with Crippen LogP contribution in [0.5, 0.6) is 5.75 Å². The van der Waals surface area contributed by atoms with E-state index in [2.05, 4.69) is 31.9 Å². The Morgan fingerprint density at radius 3 is 1.96 bits per heavy atom. The van der Waals surface area contributed by atoms with Gasteiger partial charge in [0.05, 0.1) is 12.6 Å². The van der Waals surface area contributed by atoms with Crippen molar-refractivity contribution in [2.24, 2.45) is 11.8 Å². The fourth-order valence-corrected chi connectivity index (χ4v) is 6.45. The zero-order chi connectivity index (χ0) is 41.5. The van der Waals surface area contributed by atoms with Gasteiger partial charge in [0.25, 0.3) is 5.91 Å². The summed E-state index contributed by atoms with van der Waals surface area (Å²) in [5.74, 6) is -3.71. The van der Waals surface area contributed by atoms with Crippen LogP contribution in [0, 0.1) is 11.8 Å². The molecule has 14 nitrogen and oxygen atoms in total. The van der Waals surface area contributed by atoms with E-state index in [-0.39, 0.29) is 31.1 Å². The third-order valence-electron chi connectivity index (χ3n) is 9.63. The Kier molecular flexibility index (Phi) is 16.6. The maximum absolute atomic E-state index is 14.0. The van der Waals surface area contributed by atoms with Gasteiger partial charge in [0.2, 0.25) is 29.5 Å². The lowest BCUT2D eigenvalue weighted by molar-refractivity contribution is -0.137. The van der Waals surface area contributed by atoms with Gasteiger partial charge in [-0.3, -0.25) is 28.8 Å². The van der Waals surface area contributed by atoms with Crippen LogP contribution >= 0.6 is 0 Å². The van der Waals surface area contributed by atoms with E-state index < -0.39 is 71.8 Å². The molecule has 0 aromatic heterocycles. The van der Waals surface area contributed by atoms with E-state index >= 15 is 0 Å². The van der Waals surface area contributed by atoms with Gasteiger partial charge in [0, 0.05) is 26.3 Å². The molecule has 57 heavy (non-hydrogen) atoms. The Morgan fingerprint density at radius 2 is 1.39 bits per heavy atom. The molecule has 2 aliphatic rings. The molecule has 2 heterocycles. The topological polar surface area (TPSA) is 204 Å². The molecule has 2 aliphatic heterocycles. The lowest BCUT2D eigenvalue weighted by Crippen LogP contribution is -2.61. The number of amides is 6. The molecular formula is C43H56N6O8. The lowest BCUT2D eigenvalue weighted by Gasteiger charge is -2.30. The monoisotopic (exact) mass is 784 g/mol. The Labute approximate surface area is 334 Å². The number of rotatable bonds is 14. The van der Waals surface area contributed by atoms with E-state index in [1.165, 1.54) is 6.92 Å². The Hall–Kier alpha value is -5.76. The van der Waals surface area contributed by atoms with Crippen LogP contribution < -0.4 is 36.6 Å². The van der Waals surface area contributed by atoms with Crippen LogP contribution in [0.4, 0.5) is 0 Å². The number of hydrogen-bond donors (Lipinski definition) is 7. The van der Waals surface area contributed by atoms with Crippen LogP contribution in [-0.2, 0) is 48.0 Å². The minimum absolute atomic E-state index is 0.0205. The normalized spacial score (nSPS) is 18.3. The molecule has 0 fully saturated rings. The van der Waals surface area contributed by atoms with Crippen molar-refractivity contribution < 1.29 is 38.6 Å². The van der Waals surface area contributed by atoms with Crippen molar-refractivity contribution in [1.29, 1.82) is 0 Å². The quantitative estimate of drug-likeness (QED) is 0.128. The van der Waals surface area contributed by atoms with E-state index in [9.17, 15) is 33.9 Å². The predicted octanol–water partition coefficient (Wildman–Crippen LogP) is 1.73. The molecule has 1 unspecified atom stereocenters. The molecule has 2 bridgehead atoms. The molecule has 6 atom stereocenters. The number of fused-ring (bicyclic) bond motifs is 12. The molecule has 3 aromatic carbocycles. The molecule has 14 heteroatoms. The van der Waals surface area contributed by atoms with Crippen molar-refractivity contribution in [2.75, 3.05) is 13.2 Å². The summed E-state index contributed by atoms with van der Waals surface area (Å²) in [6, 6.07) is 19.7. The van der Waals surface area contributed by atoms with Crippen LogP contribution in [0.2, 0.25) is 0 Å². The number of nitrogens with one attached hydrogen (secondary N) is 6. The average molecular weight is 785 g/mol. The van der Waals surface area contributed by atoms with Crippen molar-refractivity contribution in [1.82, 2.24) is 31.9 Å². The van der Waals surface area contributed by atoms with E-state index in [1.54, 1.807) is 76.2 Å². The van der Waals surface area contributed by atoms with Gasteiger partial charge in [-0.1, -0.05) is 100 Å². The summed E-state index contributed by atoms with van der Waals surface area (Å²) >= 11 is 0. The average Bonchev–Trinajstić information content (AvgIpc) is 3.18. The highest BCUT2D eigenvalue weighted by molar-refractivity contribution is 5.94. The summed E-state index contributed by atoms with van der Waals surface area (Å²) in [7, 11) is 0. The molecule has 0 spiro atoms. The van der Waals surface area contributed by atoms with Gasteiger partial charge in [-0.15, -0.1) is 0 Å². The first kappa shape index (κ1) is 44.0. The van der Waals surface area contributed by atoms with E-state index in [0.717, 1.165) is 5.56 Å². The first-order valence-corrected chi connectivity index (χ1v) is 19.5. The first-order valence-electron chi connectivity index (χ1n) is 19.5. The highest BCUT2D eigenvalue weighted by Gasteiger charge is 2.36. The van der Waals surface area contributed by atoms with Gasteiger partial charge in [-0.05, 0) is 53.5 Å². The predicted molar refractivity (Wildman–Crippen MR) is 215 cm³/mol. The van der Waals surface area contributed by atoms with Crippen LogP contribution in [0.1, 0.15) is 57.7 Å². The summed E-state index contributed by atoms with van der Waals surface area (Å²) in [6.07, 6.45) is -1.07. The fraction of sp³-hybridized carbons (Fsp3) is 0.442. The van der Waals surface area contributed by atoms with Crippen LogP contribution in [-0.4, -0.2) is 90.0 Å². The number of aliphatic hydroxyl groups is 1. The molecule has 3 aromatic rings. The second-order valence-electron chi connectivity index (χ2n) is 15.1. The van der Waals surface area contributed by atoms with E-state index in [1.807, 2.05) is 36.4 Å². The van der Waals surface area contributed by atoms with Gasteiger partial charge in [-0.25, -0.2) is 0 Å². The van der Waals surface area contributed by atoms with Gasteiger partial charge in [0.1, 0.15) is 29.9 Å². The number of carbonyl (C=O) groups excluding carboxylic acids is 6. The number of ether oxygens (including phenoxy) is 1. The van der Waals surface area contributed by atoms with Crippen molar-refractivity contribution in [2.45, 2.75) is 96.6 Å².